The molecule has 1 nitrogen and oxygen atoms in total. The number of hydrogen-bond donors (Lipinski definition) is 0. The van der Waals surface area contributed by atoms with E-state index in [-0.39, 0.29) is 0 Å². The molecule has 2 heterocycles. The topological polar surface area (TPSA) is 23.8 Å². The molecule has 8 aromatic rings. The first-order chi connectivity index (χ1) is 19.7. The molecule has 0 spiro atoms. The Morgan fingerprint density at radius 3 is 1.57 bits per heavy atom. The van der Waals surface area contributed by atoms with Crippen LogP contribution in [0.15, 0.2) is 127 Å². The van der Waals surface area contributed by atoms with E-state index in [4.69, 9.17) is 0 Å². The highest BCUT2D eigenvalue weighted by Gasteiger charge is 2.12. The molecule has 0 atom stereocenters. The minimum atomic E-state index is 0.671. The van der Waals surface area contributed by atoms with Gasteiger partial charge in [0.2, 0.25) is 0 Å². The largest absolute Gasteiger partial charge is 0.192 e. The van der Waals surface area contributed by atoms with Crippen LogP contribution in [0, 0.1) is 11.3 Å². The smallest absolute Gasteiger partial charge is 0.0991 e. The standard InChI is InChI=1S/C37H21NS2/c38-22-23-9-11-24(12-10-23)27-17-28(25-14-16-36-33(20-25)31-6-2-4-8-35(31)39-36)19-29(18-27)26-13-15-32-30-5-1-3-7-34(30)40-37(32)21-26/h1-21H. The van der Waals surface area contributed by atoms with E-state index in [1.807, 2.05) is 46.9 Å². The molecule has 0 amide bonds. The molecule has 3 heteroatoms. The van der Waals surface area contributed by atoms with E-state index < -0.39 is 0 Å². The summed E-state index contributed by atoms with van der Waals surface area (Å²) in [6.07, 6.45) is 0. The first-order valence-electron chi connectivity index (χ1n) is 13.2. The Bertz CT molecular complexity index is 2280. The Labute approximate surface area is 239 Å². The lowest BCUT2D eigenvalue weighted by Gasteiger charge is -2.12. The van der Waals surface area contributed by atoms with Gasteiger partial charge >= 0.3 is 0 Å². The zero-order valence-corrected chi connectivity index (χ0v) is 23.0. The maximum atomic E-state index is 9.32. The van der Waals surface area contributed by atoms with Crippen molar-refractivity contribution in [2.75, 3.05) is 0 Å². The van der Waals surface area contributed by atoms with Crippen molar-refractivity contribution in [2.24, 2.45) is 0 Å². The number of nitrogens with zero attached hydrogens (tertiary/aromatic N) is 1. The lowest BCUT2D eigenvalue weighted by Crippen LogP contribution is -1.87. The second kappa shape index (κ2) is 9.17. The second-order valence-electron chi connectivity index (χ2n) is 10.1. The summed E-state index contributed by atoms with van der Waals surface area (Å²) in [6.45, 7) is 0. The van der Waals surface area contributed by atoms with E-state index in [0.29, 0.717) is 5.56 Å². The molecule has 0 aliphatic rings. The first-order valence-corrected chi connectivity index (χ1v) is 14.9. The van der Waals surface area contributed by atoms with Gasteiger partial charge in [-0.3, -0.25) is 0 Å². The molecule has 0 radical (unpaired) electrons. The number of hydrogen-bond acceptors (Lipinski definition) is 3. The van der Waals surface area contributed by atoms with E-state index in [9.17, 15) is 5.26 Å². The summed E-state index contributed by atoms with van der Waals surface area (Å²) in [4.78, 5) is 0. The Kier molecular flexibility index (Phi) is 5.31. The average molecular weight is 544 g/mol. The zero-order valence-electron chi connectivity index (χ0n) is 21.4. The van der Waals surface area contributed by atoms with Crippen LogP contribution in [0.4, 0.5) is 0 Å². The molecule has 0 aliphatic heterocycles. The SMILES string of the molecule is N#Cc1ccc(-c2cc(-c3ccc4c(c3)sc3ccccc34)cc(-c3ccc4sc5ccccc5c4c3)c2)cc1. The van der Waals surface area contributed by atoms with Crippen LogP contribution in [0.5, 0.6) is 0 Å². The van der Waals surface area contributed by atoms with E-state index in [0.717, 1.165) is 11.1 Å². The molecule has 0 aliphatic carbocycles. The van der Waals surface area contributed by atoms with E-state index >= 15 is 0 Å². The number of fused-ring (bicyclic) bond motifs is 6. The van der Waals surface area contributed by atoms with Crippen LogP contribution in [0.3, 0.4) is 0 Å². The normalized spacial score (nSPS) is 11.5. The fraction of sp³-hybridized carbons (Fsp3) is 0. The number of benzene rings is 6. The van der Waals surface area contributed by atoms with E-state index in [2.05, 4.69) is 109 Å². The van der Waals surface area contributed by atoms with Crippen LogP contribution in [0.2, 0.25) is 0 Å². The van der Waals surface area contributed by atoms with Gasteiger partial charge in [0, 0.05) is 40.3 Å². The molecule has 0 bridgehead atoms. The third-order valence-corrected chi connectivity index (χ3v) is 9.99. The number of thiophene rings is 2. The molecule has 0 saturated carbocycles. The second-order valence-corrected chi connectivity index (χ2v) is 12.3. The highest BCUT2D eigenvalue weighted by Crippen LogP contribution is 2.40. The Morgan fingerprint density at radius 1 is 0.375 bits per heavy atom. The Balaban J connectivity index is 1.33. The van der Waals surface area contributed by atoms with Crippen LogP contribution >= 0.6 is 22.7 Å². The Morgan fingerprint density at radius 2 is 0.875 bits per heavy atom. The summed E-state index contributed by atoms with van der Waals surface area (Å²) < 4.78 is 5.25. The predicted molar refractivity (Wildman–Crippen MR) is 173 cm³/mol. The van der Waals surface area contributed by atoms with Gasteiger partial charge in [0.1, 0.15) is 0 Å². The van der Waals surface area contributed by atoms with E-state index in [1.54, 1.807) is 0 Å². The van der Waals surface area contributed by atoms with Crippen molar-refractivity contribution < 1.29 is 0 Å². The van der Waals surface area contributed by atoms with Crippen molar-refractivity contribution in [1.82, 2.24) is 0 Å². The van der Waals surface area contributed by atoms with Crippen LogP contribution < -0.4 is 0 Å². The maximum absolute atomic E-state index is 9.32. The molecule has 2 aromatic heterocycles. The van der Waals surface area contributed by atoms with Gasteiger partial charge in [-0.25, -0.2) is 0 Å². The molecular formula is C37H21NS2. The predicted octanol–water partition coefficient (Wildman–Crippen LogP) is 11.3. The third kappa shape index (κ3) is 3.81. The average Bonchev–Trinajstić information content (AvgIpc) is 3.58. The van der Waals surface area contributed by atoms with Crippen LogP contribution in [-0.2, 0) is 0 Å². The lowest BCUT2D eigenvalue weighted by molar-refractivity contribution is 1.48. The van der Waals surface area contributed by atoms with Crippen molar-refractivity contribution in [2.45, 2.75) is 0 Å². The van der Waals surface area contributed by atoms with Crippen molar-refractivity contribution >= 4 is 63.0 Å². The fourth-order valence-electron chi connectivity index (χ4n) is 5.68. The van der Waals surface area contributed by atoms with Crippen molar-refractivity contribution in [1.29, 1.82) is 5.26 Å². The molecule has 40 heavy (non-hydrogen) atoms. The van der Waals surface area contributed by atoms with Gasteiger partial charge in [-0.05, 0) is 94.0 Å². The van der Waals surface area contributed by atoms with Gasteiger partial charge in [0.15, 0.2) is 0 Å². The Hall–Kier alpha value is -4.75. The molecule has 8 rings (SSSR count). The molecular weight excluding hydrogens is 523 g/mol. The van der Waals surface area contributed by atoms with Gasteiger partial charge < -0.3 is 0 Å². The van der Waals surface area contributed by atoms with Crippen molar-refractivity contribution in [3.63, 3.8) is 0 Å². The van der Waals surface area contributed by atoms with Crippen molar-refractivity contribution in [3.05, 3.63) is 133 Å². The highest BCUT2D eigenvalue weighted by atomic mass is 32.1. The molecule has 186 valence electrons. The summed E-state index contributed by atoms with van der Waals surface area (Å²) in [5.74, 6) is 0. The summed E-state index contributed by atoms with van der Waals surface area (Å²) >= 11 is 3.70. The van der Waals surface area contributed by atoms with Gasteiger partial charge in [-0.1, -0.05) is 66.7 Å². The molecule has 0 unspecified atom stereocenters. The van der Waals surface area contributed by atoms with Crippen LogP contribution in [-0.4, -0.2) is 0 Å². The van der Waals surface area contributed by atoms with E-state index in [1.165, 1.54) is 62.6 Å². The maximum Gasteiger partial charge on any atom is 0.0991 e. The summed E-state index contributed by atoms with van der Waals surface area (Å²) in [5.41, 5.74) is 7.70. The minimum Gasteiger partial charge on any atom is -0.192 e. The van der Waals surface area contributed by atoms with Crippen molar-refractivity contribution in [3.8, 4) is 39.4 Å². The van der Waals surface area contributed by atoms with Crippen LogP contribution in [0.25, 0.3) is 73.7 Å². The van der Waals surface area contributed by atoms with Gasteiger partial charge in [-0.2, -0.15) is 5.26 Å². The molecule has 0 fully saturated rings. The third-order valence-electron chi connectivity index (χ3n) is 7.70. The first kappa shape index (κ1) is 23.2. The number of nitriles is 1. The molecule has 0 saturated heterocycles. The zero-order chi connectivity index (χ0) is 26.6. The van der Waals surface area contributed by atoms with Crippen LogP contribution in [0.1, 0.15) is 5.56 Å². The molecule has 6 aromatic carbocycles. The lowest BCUT2D eigenvalue weighted by atomic mass is 9.92. The number of rotatable bonds is 3. The van der Waals surface area contributed by atoms with Gasteiger partial charge in [0.05, 0.1) is 11.6 Å². The van der Waals surface area contributed by atoms with Gasteiger partial charge in [-0.15, -0.1) is 22.7 Å². The summed E-state index contributed by atoms with van der Waals surface area (Å²) in [7, 11) is 0. The quantitative estimate of drug-likeness (QED) is 0.217. The minimum absolute atomic E-state index is 0.671. The summed E-state index contributed by atoms with van der Waals surface area (Å²) in [5, 5.41) is 14.6. The molecule has 0 N–H and O–H groups in total. The van der Waals surface area contributed by atoms with Gasteiger partial charge in [0.25, 0.3) is 0 Å². The highest BCUT2D eigenvalue weighted by molar-refractivity contribution is 7.26. The summed E-state index contributed by atoms with van der Waals surface area (Å²) in [6, 6.07) is 48.0. The monoisotopic (exact) mass is 543 g/mol. The fourth-order valence-corrected chi connectivity index (χ4v) is 7.91.